The number of primary sulfonamides is 1. The second-order valence-electron chi connectivity index (χ2n) is 4.56. The molecule has 108 valence electrons. The molecule has 2 N–H and O–H groups in total. The minimum absolute atomic E-state index is 0.0499. The number of rotatable bonds is 5. The van der Waals surface area contributed by atoms with E-state index in [9.17, 15) is 16.8 Å². The predicted molar refractivity (Wildman–Crippen MR) is 70.9 cm³/mol. The van der Waals surface area contributed by atoms with Crippen LogP contribution in [-0.2, 0) is 19.9 Å². The molecule has 0 aliphatic heterocycles. The fraction of sp³-hybridized carbons (Fsp3) is 0.600. The second-order valence-corrected chi connectivity index (χ2v) is 8.29. The Balaban J connectivity index is 3.14. The SMILES string of the molecule is Cc1cc(C(C)C)nc(S(=O)(=O)CCS(N)(=O)=O)n1. The van der Waals surface area contributed by atoms with Gasteiger partial charge in [-0.05, 0) is 18.9 Å². The molecule has 0 spiro atoms. The van der Waals surface area contributed by atoms with Gasteiger partial charge >= 0.3 is 0 Å². The predicted octanol–water partition coefficient (Wildman–Crippen LogP) is -0.0294. The molecule has 0 saturated heterocycles. The van der Waals surface area contributed by atoms with Crippen molar-refractivity contribution in [2.45, 2.75) is 31.8 Å². The van der Waals surface area contributed by atoms with Crippen LogP contribution in [0.5, 0.6) is 0 Å². The van der Waals surface area contributed by atoms with E-state index in [1.54, 1.807) is 13.0 Å². The third kappa shape index (κ3) is 4.84. The fourth-order valence-corrected chi connectivity index (χ4v) is 3.83. The molecule has 0 aliphatic carbocycles. The monoisotopic (exact) mass is 307 g/mol. The molecule has 0 amide bonds. The largest absolute Gasteiger partial charge is 0.247 e. The van der Waals surface area contributed by atoms with Crippen LogP contribution in [0.15, 0.2) is 11.2 Å². The Morgan fingerprint density at radius 1 is 1.16 bits per heavy atom. The van der Waals surface area contributed by atoms with Gasteiger partial charge in [-0.25, -0.2) is 31.9 Å². The average molecular weight is 307 g/mol. The molecule has 1 heterocycles. The number of hydrogen-bond acceptors (Lipinski definition) is 6. The number of sulfonamides is 1. The summed E-state index contributed by atoms with van der Waals surface area (Å²) < 4.78 is 45.6. The lowest BCUT2D eigenvalue weighted by Crippen LogP contribution is -2.24. The summed E-state index contributed by atoms with van der Waals surface area (Å²) in [5, 5.41) is 4.45. The van der Waals surface area contributed by atoms with Gasteiger partial charge in [0.2, 0.25) is 25.0 Å². The van der Waals surface area contributed by atoms with Gasteiger partial charge in [-0.15, -0.1) is 0 Å². The molecule has 0 radical (unpaired) electrons. The highest BCUT2D eigenvalue weighted by molar-refractivity contribution is 7.94. The third-order valence-electron chi connectivity index (χ3n) is 2.36. The fourth-order valence-electron chi connectivity index (χ4n) is 1.32. The quantitative estimate of drug-likeness (QED) is 0.763. The number of aryl methyl sites for hydroxylation is 1. The Kier molecular flexibility index (Phi) is 4.64. The summed E-state index contributed by atoms with van der Waals surface area (Å²) in [4.78, 5) is 7.82. The zero-order valence-electron chi connectivity index (χ0n) is 11.0. The van der Waals surface area contributed by atoms with E-state index in [2.05, 4.69) is 9.97 Å². The molecule has 1 rings (SSSR count). The van der Waals surface area contributed by atoms with Crippen molar-refractivity contribution >= 4 is 19.9 Å². The molecule has 0 fully saturated rings. The highest BCUT2D eigenvalue weighted by Crippen LogP contribution is 2.15. The Morgan fingerprint density at radius 3 is 2.21 bits per heavy atom. The first kappa shape index (κ1) is 16.0. The maximum absolute atomic E-state index is 12.0. The molecule has 7 nitrogen and oxygen atoms in total. The maximum atomic E-state index is 12.0. The number of nitrogens with two attached hydrogens (primary N) is 1. The van der Waals surface area contributed by atoms with E-state index in [0.29, 0.717) is 11.4 Å². The average Bonchev–Trinajstić information content (AvgIpc) is 2.25. The van der Waals surface area contributed by atoms with Crippen molar-refractivity contribution in [2.75, 3.05) is 11.5 Å². The minimum atomic E-state index is -3.85. The number of hydrogen-bond donors (Lipinski definition) is 1. The number of sulfone groups is 1. The van der Waals surface area contributed by atoms with Crippen LogP contribution in [0, 0.1) is 6.92 Å². The Hall–Kier alpha value is -1.06. The number of aromatic nitrogens is 2. The Morgan fingerprint density at radius 2 is 1.74 bits per heavy atom. The van der Waals surface area contributed by atoms with Crippen molar-refractivity contribution in [3.8, 4) is 0 Å². The summed E-state index contributed by atoms with van der Waals surface area (Å²) in [5.74, 6) is -1.22. The summed E-state index contributed by atoms with van der Waals surface area (Å²) in [6.07, 6.45) is 0. The van der Waals surface area contributed by atoms with E-state index in [1.165, 1.54) is 0 Å². The van der Waals surface area contributed by atoms with Gasteiger partial charge in [0.1, 0.15) is 0 Å². The first-order valence-corrected chi connectivity index (χ1v) is 8.97. The van der Waals surface area contributed by atoms with Crippen LogP contribution >= 0.6 is 0 Å². The van der Waals surface area contributed by atoms with Crippen LogP contribution in [0.4, 0.5) is 0 Å². The van der Waals surface area contributed by atoms with Gasteiger partial charge in [-0.1, -0.05) is 13.8 Å². The third-order valence-corrected chi connectivity index (χ3v) is 4.87. The van der Waals surface area contributed by atoms with Crippen LogP contribution < -0.4 is 5.14 Å². The van der Waals surface area contributed by atoms with Crippen molar-refractivity contribution in [3.05, 3.63) is 17.5 Å². The van der Waals surface area contributed by atoms with Crippen molar-refractivity contribution in [3.63, 3.8) is 0 Å². The van der Waals surface area contributed by atoms with E-state index in [4.69, 9.17) is 5.14 Å². The van der Waals surface area contributed by atoms with Gasteiger partial charge in [0.05, 0.1) is 11.5 Å². The van der Waals surface area contributed by atoms with Crippen molar-refractivity contribution < 1.29 is 16.8 Å². The summed E-state index contributed by atoms with van der Waals surface area (Å²) in [6, 6.07) is 1.70. The molecule has 0 saturated carbocycles. The Bertz CT molecular complexity index is 666. The molecule has 0 bridgehead atoms. The van der Waals surface area contributed by atoms with Crippen molar-refractivity contribution in [2.24, 2.45) is 5.14 Å². The van der Waals surface area contributed by atoms with Gasteiger partial charge in [-0.3, -0.25) is 0 Å². The lowest BCUT2D eigenvalue weighted by atomic mass is 10.1. The van der Waals surface area contributed by atoms with Crippen LogP contribution in [0.1, 0.15) is 31.2 Å². The Labute approximate surface area is 113 Å². The molecular weight excluding hydrogens is 290 g/mol. The summed E-state index contributed by atoms with van der Waals surface area (Å²) in [6.45, 7) is 5.41. The van der Waals surface area contributed by atoms with Gasteiger partial charge in [0.15, 0.2) is 0 Å². The first-order valence-electron chi connectivity index (χ1n) is 5.60. The maximum Gasteiger partial charge on any atom is 0.247 e. The molecule has 1 aromatic rings. The standard InChI is InChI=1S/C10H17N3O4S2/c1-7(2)9-6-8(3)12-10(13-9)18(14,15)4-5-19(11,16)17/h6-7H,4-5H2,1-3H3,(H2,11,16,17). The minimum Gasteiger partial charge on any atom is -0.229 e. The summed E-state index contributed by atoms with van der Waals surface area (Å²) >= 11 is 0. The van der Waals surface area contributed by atoms with Gasteiger partial charge in [0, 0.05) is 11.4 Å². The molecule has 0 aliphatic rings. The van der Waals surface area contributed by atoms with Crippen LogP contribution in [0.25, 0.3) is 0 Å². The molecule has 0 aromatic carbocycles. The van der Waals surface area contributed by atoms with Crippen molar-refractivity contribution in [1.29, 1.82) is 0 Å². The second kappa shape index (κ2) is 5.51. The summed E-state index contributed by atoms with van der Waals surface area (Å²) in [5.41, 5.74) is 1.12. The lowest BCUT2D eigenvalue weighted by molar-refractivity contribution is 0.580. The van der Waals surface area contributed by atoms with Crippen LogP contribution in [0.3, 0.4) is 0 Å². The van der Waals surface area contributed by atoms with Crippen LogP contribution in [-0.4, -0.2) is 38.3 Å². The van der Waals surface area contributed by atoms with E-state index in [0.717, 1.165) is 0 Å². The molecule has 19 heavy (non-hydrogen) atoms. The van der Waals surface area contributed by atoms with E-state index < -0.39 is 31.4 Å². The molecular formula is C10H17N3O4S2. The van der Waals surface area contributed by atoms with E-state index >= 15 is 0 Å². The highest BCUT2D eigenvalue weighted by Gasteiger charge is 2.22. The highest BCUT2D eigenvalue weighted by atomic mass is 32.2. The van der Waals surface area contributed by atoms with Crippen molar-refractivity contribution in [1.82, 2.24) is 9.97 Å². The normalized spacial score (nSPS) is 12.9. The van der Waals surface area contributed by atoms with Crippen LogP contribution in [0.2, 0.25) is 0 Å². The zero-order valence-corrected chi connectivity index (χ0v) is 12.6. The van der Waals surface area contributed by atoms with Gasteiger partial charge in [0.25, 0.3) is 0 Å². The van der Waals surface area contributed by atoms with Gasteiger partial charge in [-0.2, -0.15) is 0 Å². The smallest absolute Gasteiger partial charge is 0.229 e. The zero-order chi connectivity index (χ0) is 14.8. The van der Waals surface area contributed by atoms with E-state index in [-0.39, 0.29) is 11.1 Å². The van der Waals surface area contributed by atoms with E-state index in [1.807, 2.05) is 13.8 Å². The molecule has 0 atom stereocenters. The van der Waals surface area contributed by atoms with Gasteiger partial charge < -0.3 is 0 Å². The number of nitrogens with zero attached hydrogens (tertiary/aromatic N) is 2. The summed E-state index contributed by atoms with van der Waals surface area (Å²) in [7, 11) is -7.69. The molecule has 1 aromatic heterocycles. The molecule has 0 unspecified atom stereocenters. The first-order chi connectivity index (χ1) is 8.51. The molecule has 9 heteroatoms. The lowest BCUT2D eigenvalue weighted by Gasteiger charge is -2.08. The topological polar surface area (TPSA) is 120 Å².